The predicted molar refractivity (Wildman–Crippen MR) is 50.2 cm³/mol. The van der Waals surface area contributed by atoms with Crippen LogP contribution in [0.2, 0.25) is 0 Å². The highest BCUT2D eigenvalue weighted by molar-refractivity contribution is 5.77. The molecule has 0 N–H and O–H groups in total. The van der Waals surface area contributed by atoms with E-state index in [1.165, 1.54) is 4.90 Å². The Kier molecular flexibility index (Phi) is 3.62. The summed E-state index contributed by atoms with van der Waals surface area (Å²) in [5.74, 6) is -0.197. The van der Waals surface area contributed by atoms with Gasteiger partial charge in [0.2, 0.25) is 5.91 Å². The predicted octanol–water partition coefficient (Wildman–Crippen LogP) is 2.44. The fourth-order valence-electron chi connectivity index (χ4n) is 2.15. The van der Waals surface area contributed by atoms with E-state index in [2.05, 4.69) is 0 Å². The maximum Gasteiger partial charge on any atom is 0.397 e. The maximum atomic E-state index is 12.0. The Labute approximate surface area is 87.4 Å². The molecule has 1 fully saturated rings. The van der Waals surface area contributed by atoms with E-state index in [0.717, 1.165) is 6.42 Å². The third kappa shape index (κ3) is 4.10. The first-order valence-corrected chi connectivity index (χ1v) is 5.12. The van der Waals surface area contributed by atoms with Crippen molar-refractivity contribution in [3.05, 3.63) is 0 Å². The Bertz CT molecular complexity index is 229. The van der Waals surface area contributed by atoms with E-state index < -0.39 is 18.5 Å². The van der Waals surface area contributed by atoms with Gasteiger partial charge < -0.3 is 4.90 Å². The molecule has 2 atom stereocenters. The van der Waals surface area contributed by atoms with E-state index in [1.807, 2.05) is 13.8 Å². The van der Waals surface area contributed by atoms with Crippen molar-refractivity contribution in [2.45, 2.75) is 32.9 Å². The highest BCUT2D eigenvalue weighted by Crippen LogP contribution is 2.25. The average Bonchev–Trinajstić information content (AvgIpc) is 1.98. The molecule has 2 nitrogen and oxygen atoms in total. The molecular formula is C10H16F3NO. The second-order valence-corrected chi connectivity index (χ2v) is 4.54. The van der Waals surface area contributed by atoms with E-state index in [-0.39, 0.29) is 0 Å². The molecule has 0 saturated carbocycles. The van der Waals surface area contributed by atoms with Gasteiger partial charge in [-0.3, -0.25) is 4.79 Å². The second kappa shape index (κ2) is 4.41. The zero-order valence-electron chi connectivity index (χ0n) is 8.97. The Morgan fingerprint density at radius 3 is 2.13 bits per heavy atom. The van der Waals surface area contributed by atoms with Gasteiger partial charge in [0.15, 0.2) is 0 Å². The van der Waals surface area contributed by atoms with Gasteiger partial charge in [-0.1, -0.05) is 13.8 Å². The summed E-state index contributed by atoms with van der Waals surface area (Å²) in [6, 6.07) is 0. The zero-order valence-corrected chi connectivity index (χ0v) is 8.97. The molecule has 1 aliphatic rings. The van der Waals surface area contributed by atoms with Crippen LogP contribution >= 0.6 is 0 Å². The number of piperidine rings is 1. The summed E-state index contributed by atoms with van der Waals surface area (Å²) in [7, 11) is 0. The van der Waals surface area contributed by atoms with Crippen molar-refractivity contribution in [2.75, 3.05) is 13.1 Å². The van der Waals surface area contributed by atoms with Crippen LogP contribution in [0.4, 0.5) is 13.2 Å². The van der Waals surface area contributed by atoms with Crippen molar-refractivity contribution >= 4 is 5.91 Å². The van der Waals surface area contributed by atoms with Crippen LogP contribution in [0.3, 0.4) is 0 Å². The summed E-state index contributed by atoms with van der Waals surface area (Å²) in [6.07, 6.45) is -4.73. The van der Waals surface area contributed by atoms with E-state index in [9.17, 15) is 18.0 Å². The summed E-state index contributed by atoms with van der Waals surface area (Å²) in [4.78, 5) is 12.7. The Morgan fingerprint density at radius 1 is 1.27 bits per heavy atom. The Balaban J connectivity index is 2.52. The van der Waals surface area contributed by atoms with Crippen LogP contribution in [0.15, 0.2) is 0 Å². The van der Waals surface area contributed by atoms with Crippen molar-refractivity contribution in [3.63, 3.8) is 0 Å². The van der Waals surface area contributed by atoms with Gasteiger partial charge in [0.05, 0.1) is 0 Å². The first-order valence-electron chi connectivity index (χ1n) is 5.12. The minimum atomic E-state index is -4.39. The average molecular weight is 223 g/mol. The Hall–Kier alpha value is -0.740. The molecule has 1 rings (SSSR count). The molecule has 1 amide bonds. The lowest BCUT2D eigenvalue weighted by molar-refractivity contribution is -0.163. The van der Waals surface area contributed by atoms with Crippen LogP contribution in [0, 0.1) is 11.8 Å². The van der Waals surface area contributed by atoms with Crippen LogP contribution in [-0.4, -0.2) is 30.1 Å². The molecule has 1 heterocycles. The molecule has 0 bridgehead atoms. The van der Waals surface area contributed by atoms with Gasteiger partial charge in [0.1, 0.15) is 6.42 Å². The molecule has 0 aromatic rings. The highest BCUT2D eigenvalue weighted by atomic mass is 19.4. The smallest absolute Gasteiger partial charge is 0.342 e. The van der Waals surface area contributed by atoms with Gasteiger partial charge in [-0.2, -0.15) is 13.2 Å². The van der Waals surface area contributed by atoms with Gasteiger partial charge in [-0.05, 0) is 18.3 Å². The standard InChI is InChI=1S/C10H16F3NO/c1-7-3-8(2)6-14(5-7)9(15)4-10(11,12)13/h7-8H,3-6H2,1-2H3/t7-,8+. The Morgan fingerprint density at radius 2 is 1.73 bits per heavy atom. The minimum Gasteiger partial charge on any atom is -0.342 e. The lowest BCUT2D eigenvalue weighted by atomic mass is 9.92. The fraction of sp³-hybridized carbons (Fsp3) is 0.900. The molecule has 1 saturated heterocycles. The third-order valence-corrected chi connectivity index (χ3v) is 2.57. The number of hydrogen-bond acceptors (Lipinski definition) is 1. The van der Waals surface area contributed by atoms with E-state index in [1.54, 1.807) is 0 Å². The lowest BCUT2D eigenvalue weighted by Gasteiger charge is -2.35. The molecule has 0 aromatic heterocycles. The number of halogens is 3. The number of alkyl halides is 3. The molecule has 0 unspecified atom stereocenters. The molecule has 5 heteroatoms. The number of likely N-dealkylation sites (tertiary alicyclic amines) is 1. The number of nitrogens with zero attached hydrogens (tertiary/aromatic N) is 1. The van der Waals surface area contributed by atoms with Gasteiger partial charge in [-0.15, -0.1) is 0 Å². The summed E-state index contributed by atoms with van der Waals surface area (Å²) < 4.78 is 36.0. The van der Waals surface area contributed by atoms with Crippen molar-refractivity contribution in [2.24, 2.45) is 11.8 Å². The first-order chi connectivity index (χ1) is 6.78. The molecule has 0 aromatic carbocycles. The van der Waals surface area contributed by atoms with Crippen molar-refractivity contribution in [3.8, 4) is 0 Å². The molecule has 0 radical (unpaired) electrons. The first kappa shape index (κ1) is 12.3. The van der Waals surface area contributed by atoms with Crippen molar-refractivity contribution in [1.29, 1.82) is 0 Å². The fourth-order valence-corrected chi connectivity index (χ4v) is 2.15. The molecule has 88 valence electrons. The SMILES string of the molecule is C[C@@H]1C[C@H](C)CN(C(=O)CC(F)(F)F)C1. The van der Waals surface area contributed by atoms with Gasteiger partial charge in [0.25, 0.3) is 0 Å². The number of amides is 1. The largest absolute Gasteiger partial charge is 0.397 e. The topological polar surface area (TPSA) is 20.3 Å². The minimum absolute atomic E-state index is 0.297. The quantitative estimate of drug-likeness (QED) is 0.668. The van der Waals surface area contributed by atoms with E-state index in [4.69, 9.17) is 0 Å². The monoisotopic (exact) mass is 223 g/mol. The van der Waals surface area contributed by atoms with Gasteiger partial charge in [0, 0.05) is 13.1 Å². The van der Waals surface area contributed by atoms with E-state index in [0.29, 0.717) is 24.9 Å². The van der Waals surface area contributed by atoms with Gasteiger partial charge >= 0.3 is 6.18 Å². The number of rotatable bonds is 1. The molecular weight excluding hydrogens is 207 g/mol. The van der Waals surface area contributed by atoms with Crippen LogP contribution in [0.1, 0.15) is 26.7 Å². The lowest BCUT2D eigenvalue weighted by Crippen LogP contribution is -2.43. The van der Waals surface area contributed by atoms with Crippen LogP contribution in [0.25, 0.3) is 0 Å². The number of carbonyl (C=O) groups is 1. The van der Waals surface area contributed by atoms with Crippen molar-refractivity contribution < 1.29 is 18.0 Å². The van der Waals surface area contributed by atoms with Crippen LogP contribution < -0.4 is 0 Å². The molecule has 1 aliphatic heterocycles. The summed E-state index contributed by atoms with van der Waals surface area (Å²) in [5, 5.41) is 0. The van der Waals surface area contributed by atoms with Crippen LogP contribution in [0.5, 0.6) is 0 Å². The normalized spacial score (nSPS) is 27.9. The van der Waals surface area contributed by atoms with Gasteiger partial charge in [-0.25, -0.2) is 0 Å². The number of carbonyl (C=O) groups excluding carboxylic acids is 1. The molecule has 0 spiro atoms. The summed E-state index contributed by atoms with van der Waals surface area (Å²) in [5.41, 5.74) is 0. The molecule has 15 heavy (non-hydrogen) atoms. The second-order valence-electron chi connectivity index (χ2n) is 4.54. The zero-order chi connectivity index (χ0) is 11.6. The molecule has 0 aliphatic carbocycles. The summed E-state index contributed by atoms with van der Waals surface area (Å²) >= 11 is 0. The highest BCUT2D eigenvalue weighted by Gasteiger charge is 2.35. The summed E-state index contributed by atoms with van der Waals surface area (Å²) in [6.45, 7) is 4.84. The van der Waals surface area contributed by atoms with E-state index >= 15 is 0 Å². The maximum absolute atomic E-state index is 12.0. The van der Waals surface area contributed by atoms with Crippen LogP contribution in [-0.2, 0) is 4.79 Å². The van der Waals surface area contributed by atoms with Crippen molar-refractivity contribution in [1.82, 2.24) is 4.90 Å². The third-order valence-electron chi connectivity index (χ3n) is 2.57. The number of hydrogen-bond donors (Lipinski definition) is 0.